The lowest BCUT2D eigenvalue weighted by atomic mass is 10.1. The zero-order chi connectivity index (χ0) is 14.1. The molecule has 1 heterocycles. The van der Waals surface area contributed by atoms with Crippen molar-refractivity contribution < 1.29 is 4.42 Å². The lowest BCUT2D eigenvalue weighted by Crippen LogP contribution is -2.25. The van der Waals surface area contributed by atoms with Gasteiger partial charge in [0.1, 0.15) is 11.2 Å². The summed E-state index contributed by atoms with van der Waals surface area (Å²) in [5.41, 5.74) is 11.5. The van der Waals surface area contributed by atoms with Crippen LogP contribution in [0.3, 0.4) is 0 Å². The smallest absolute Gasteiger partial charge is 0.184 e. The Balaban J connectivity index is 2.12. The number of nitrogens with zero attached hydrogens (tertiary/aromatic N) is 1. The number of para-hydroxylation sites is 1. The molecule has 0 atom stereocenters. The number of furan rings is 1. The Hall–Kier alpha value is -2.40. The van der Waals surface area contributed by atoms with Crippen LogP contribution in [0.4, 0.5) is 0 Å². The van der Waals surface area contributed by atoms with Crippen molar-refractivity contribution in [3.05, 3.63) is 48.0 Å². The number of thiocarbonyl (C=S) groups is 1. The standard InChI is InChI=1S/C15H13N3OS/c1-9(17-18-15(16)20)10-6-7-14-12(8-10)11-4-2-3-5-13(11)19-14/h2-8H,1H3,(H3,16,18,20)/b17-9+. The summed E-state index contributed by atoms with van der Waals surface area (Å²) >= 11 is 4.73. The van der Waals surface area contributed by atoms with Gasteiger partial charge in [0.25, 0.3) is 0 Å². The molecule has 0 radical (unpaired) electrons. The number of hydrazone groups is 1. The van der Waals surface area contributed by atoms with Crippen LogP contribution < -0.4 is 11.2 Å². The number of nitrogens with two attached hydrogens (primary N) is 1. The van der Waals surface area contributed by atoms with Gasteiger partial charge < -0.3 is 10.2 Å². The Bertz CT molecular complexity index is 835. The average Bonchev–Trinajstić information content (AvgIpc) is 2.82. The first-order valence-electron chi connectivity index (χ1n) is 6.16. The monoisotopic (exact) mass is 283 g/mol. The summed E-state index contributed by atoms with van der Waals surface area (Å²) in [4.78, 5) is 0. The van der Waals surface area contributed by atoms with Gasteiger partial charge in [-0.3, -0.25) is 5.43 Å². The molecule has 0 amide bonds. The number of fused-ring (bicyclic) bond motifs is 3. The van der Waals surface area contributed by atoms with Gasteiger partial charge in [-0.2, -0.15) is 5.10 Å². The molecule has 3 rings (SSSR count). The molecule has 3 N–H and O–H groups in total. The van der Waals surface area contributed by atoms with Gasteiger partial charge >= 0.3 is 0 Å². The zero-order valence-corrected chi connectivity index (χ0v) is 11.7. The minimum absolute atomic E-state index is 0.152. The van der Waals surface area contributed by atoms with Crippen molar-refractivity contribution in [1.82, 2.24) is 5.43 Å². The van der Waals surface area contributed by atoms with Gasteiger partial charge in [0.15, 0.2) is 5.11 Å². The van der Waals surface area contributed by atoms with Crippen molar-refractivity contribution >= 4 is 45.0 Å². The second kappa shape index (κ2) is 4.94. The molecule has 0 saturated heterocycles. The van der Waals surface area contributed by atoms with Crippen molar-refractivity contribution in [2.75, 3.05) is 0 Å². The van der Waals surface area contributed by atoms with Crippen molar-refractivity contribution in [1.29, 1.82) is 0 Å². The average molecular weight is 283 g/mol. The number of rotatable bonds is 2. The van der Waals surface area contributed by atoms with Gasteiger partial charge in [0.05, 0.1) is 5.71 Å². The van der Waals surface area contributed by atoms with Crippen LogP contribution in [-0.4, -0.2) is 10.8 Å². The molecule has 0 unspecified atom stereocenters. The van der Waals surface area contributed by atoms with Gasteiger partial charge in [0, 0.05) is 10.8 Å². The fourth-order valence-electron chi connectivity index (χ4n) is 2.15. The third-order valence-corrected chi connectivity index (χ3v) is 3.22. The molecule has 0 aliphatic heterocycles. The number of hydrogen-bond donors (Lipinski definition) is 2. The van der Waals surface area contributed by atoms with Gasteiger partial charge in [-0.1, -0.05) is 18.2 Å². The van der Waals surface area contributed by atoms with E-state index in [-0.39, 0.29) is 5.11 Å². The number of benzene rings is 2. The van der Waals surface area contributed by atoms with E-state index in [1.54, 1.807) is 0 Å². The van der Waals surface area contributed by atoms with Crippen LogP contribution in [0.15, 0.2) is 52.0 Å². The first-order valence-corrected chi connectivity index (χ1v) is 6.57. The summed E-state index contributed by atoms with van der Waals surface area (Å²) in [6.07, 6.45) is 0. The molecule has 4 nitrogen and oxygen atoms in total. The Labute approximate surface area is 121 Å². The molecule has 5 heteroatoms. The van der Waals surface area contributed by atoms with Gasteiger partial charge in [0.2, 0.25) is 0 Å². The fourth-order valence-corrected chi connectivity index (χ4v) is 2.20. The second-order valence-electron chi connectivity index (χ2n) is 4.48. The molecule has 1 aromatic heterocycles. The maximum Gasteiger partial charge on any atom is 0.184 e. The fraction of sp³-hybridized carbons (Fsp3) is 0.0667. The maximum absolute atomic E-state index is 5.79. The predicted octanol–water partition coefficient (Wildman–Crippen LogP) is 3.14. The highest BCUT2D eigenvalue weighted by Gasteiger charge is 2.08. The van der Waals surface area contributed by atoms with E-state index in [1.165, 1.54) is 0 Å². The Kier molecular flexibility index (Phi) is 3.12. The van der Waals surface area contributed by atoms with E-state index in [1.807, 2.05) is 43.3 Å². The molecule has 0 aliphatic rings. The van der Waals surface area contributed by atoms with Crippen LogP contribution in [0.5, 0.6) is 0 Å². The van der Waals surface area contributed by atoms with E-state index in [2.05, 4.69) is 16.6 Å². The SMILES string of the molecule is C/C(=N\NC(N)=S)c1ccc2oc3ccccc3c2c1. The third kappa shape index (κ3) is 2.23. The van der Waals surface area contributed by atoms with Crippen LogP contribution >= 0.6 is 12.2 Å². The highest BCUT2D eigenvalue weighted by Crippen LogP contribution is 2.29. The lowest BCUT2D eigenvalue weighted by molar-refractivity contribution is 0.669. The van der Waals surface area contributed by atoms with Crippen LogP contribution in [0.25, 0.3) is 21.9 Å². The molecule has 0 bridgehead atoms. The molecule has 0 aliphatic carbocycles. The van der Waals surface area contributed by atoms with Gasteiger partial charge in [-0.25, -0.2) is 0 Å². The Morgan fingerprint density at radius 2 is 1.90 bits per heavy atom. The normalized spacial score (nSPS) is 11.9. The number of hydrogen-bond acceptors (Lipinski definition) is 3. The van der Waals surface area contributed by atoms with Crippen molar-refractivity contribution in [3.63, 3.8) is 0 Å². The summed E-state index contributed by atoms with van der Waals surface area (Å²) in [7, 11) is 0. The molecule has 2 aromatic carbocycles. The van der Waals surface area contributed by atoms with Crippen molar-refractivity contribution in [2.24, 2.45) is 10.8 Å². The maximum atomic E-state index is 5.79. The minimum Gasteiger partial charge on any atom is -0.456 e. The molecule has 100 valence electrons. The van der Waals surface area contributed by atoms with Crippen LogP contribution in [0, 0.1) is 0 Å². The highest BCUT2D eigenvalue weighted by molar-refractivity contribution is 7.80. The van der Waals surface area contributed by atoms with Crippen molar-refractivity contribution in [3.8, 4) is 0 Å². The van der Waals surface area contributed by atoms with E-state index < -0.39 is 0 Å². The molecule has 0 fully saturated rings. The summed E-state index contributed by atoms with van der Waals surface area (Å²) < 4.78 is 5.79. The second-order valence-corrected chi connectivity index (χ2v) is 4.92. The van der Waals surface area contributed by atoms with Crippen LogP contribution in [-0.2, 0) is 0 Å². The zero-order valence-electron chi connectivity index (χ0n) is 10.9. The van der Waals surface area contributed by atoms with E-state index in [0.29, 0.717) is 0 Å². The first kappa shape index (κ1) is 12.6. The summed E-state index contributed by atoms with van der Waals surface area (Å²) in [5.74, 6) is 0. The molecule has 20 heavy (non-hydrogen) atoms. The van der Waals surface area contributed by atoms with Crippen LogP contribution in [0.2, 0.25) is 0 Å². The topological polar surface area (TPSA) is 63.5 Å². The molecular weight excluding hydrogens is 270 g/mol. The van der Waals surface area contributed by atoms with E-state index >= 15 is 0 Å². The first-order chi connectivity index (χ1) is 9.65. The summed E-state index contributed by atoms with van der Waals surface area (Å²) in [5, 5.41) is 6.46. The molecule has 0 spiro atoms. The van der Waals surface area contributed by atoms with E-state index in [0.717, 1.165) is 33.2 Å². The van der Waals surface area contributed by atoms with E-state index in [4.69, 9.17) is 22.4 Å². The Morgan fingerprint density at radius 1 is 1.15 bits per heavy atom. The summed E-state index contributed by atoms with van der Waals surface area (Å²) in [6.45, 7) is 1.90. The quantitative estimate of drug-likeness (QED) is 0.431. The molecular formula is C15H13N3OS. The van der Waals surface area contributed by atoms with Gasteiger partial charge in [-0.15, -0.1) is 0 Å². The van der Waals surface area contributed by atoms with Crippen molar-refractivity contribution in [2.45, 2.75) is 6.92 Å². The van der Waals surface area contributed by atoms with Crippen LogP contribution in [0.1, 0.15) is 12.5 Å². The minimum atomic E-state index is 0.152. The van der Waals surface area contributed by atoms with Gasteiger partial charge in [-0.05, 0) is 49.0 Å². The highest BCUT2D eigenvalue weighted by atomic mass is 32.1. The third-order valence-electron chi connectivity index (χ3n) is 3.13. The predicted molar refractivity (Wildman–Crippen MR) is 85.9 cm³/mol. The Morgan fingerprint density at radius 3 is 2.70 bits per heavy atom. The lowest BCUT2D eigenvalue weighted by Gasteiger charge is -2.02. The largest absolute Gasteiger partial charge is 0.456 e. The van der Waals surface area contributed by atoms with E-state index in [9.17, 15) is 0 Å². The molecule has 3 aromatic rings. The number of nitrogens with one attached hydrogen (secondary N) is 1. The molecule has 0 saturated carbocycles. The summed E-state index contributed by atoms with van der Waals surface area (Å²) in [6, 6.07) is 13.9.